The molecule has 4 nitrogen and oxygen atoms in total. The van der Waals surface area contributed by atoms with Crippen LogP contribution in [0.4, 0.5) is 4.79 Å². The molecule has 118 valence electrons. The van der Waals surface area contributed by atoms with Crippen LogP contribution in [0.2, 0.25) is 0 Å². The predicted molar refractivity (Wildman–Crippen MR) is 87.3 cm³/mol. The monoisotopic (exact) mass is 309 g/mol. The zero-order valence-corrected chi connectivity index (χ0v) is 12.8. The van der Waals surface area contributed by atoms with E-state index < -0.39 is 11.7 Å². The van der Waals surface area contributed by atoms with Crippen LogP contribution in [0.5, 0.6) is 0 Å². The Morgan fingerprint density at radius 2 is 1.65 bits per heavy atom. The number of alkyl carbamates (subject to hydrolysis) is 1. The van der Waals surface area contributed by atoms with Crippen molar-refractivity contribution in [2.45, 2.75) is 24.4 Å². The average Bonchev–Trinajstić information content (AvgIpc) is 3.23. The van der Waals surface area contributed by atoms with Gasteiger partial charge >= 0.3 is 6.09 Å². The molecule has 1 saturated carbocycles. The number of amides is 1. The van der Waals surface area contributed by atoms with Gasteiger partial charge in [0.15, 0.2) is 0 Å². The topological polar surface area (TPSA) is 58.6 Å². The summed E-state index contributed by atoms with van der Waals surface area (Å²) in [6.07, 6.45) is 1.03. The third-order valence-corrected chi connectivity index (χ3v) is 4.73. The largest absolute Gasteiger partial charge is 0.449 e. The summed E-state index contributed by atoms with van der Waals surface area (Å²) in [6.45, 7) is 0.571. The highest BCUT2D eigenvalue weighted by Crippen LogP contribution is 2.44. The van der Waals surface area contributed by atoms with Crippen molar-refractivity contribution in [3.8, 4) is 11.1 Å². The molecule has 1 amide bonds. The van der Waals surface area contributed by atoms with Gasteiger partial charge in [0, 0.05) is 12.5 Å². The van der Waals surface area contributed by atoms with E-state index in [1.165, 1.54) is 22.3 Å². The SMILES string of the molecule is O=C(NCC1(O)CC1)OCC1c2ccccc2-c2ccccc21. The second-order valence-electron chi connectivity index (χ2n) is 6.40. The van der Waals surface area contributed by atoms with Crippen molar-refractivity contribution in [1.29, 1.82) is 0 Å². The molecule has 0 heterocycles. The maximum absolute atomic E-state index is 11.9. The van der Waals surface area contributed by atoms with Gasteiger partial charge in [0.25, 0.3) is 0 Å². The fourth-order valence-corrected chi connectivity index (χ4v) is 3.21. The minimum Gasteiger partial charge on any atom is -0.449 e. The maximum Gasteiger partial charge on any atom is 0.407 e. The summed E-state index contributed by atoms with van der Waals surface area (Å²) >= 11 is 0. The van der Waals surface area contributed by atoms with Crippen LogP contribution in [0.1, 0.15) is 29.9 Å². The van der Waals surface area contributed by atoms with Gasteiger partial charge in [-0.3, -0.25) is 0 Å². The quantitative estimate of drug-likeness (QED) is 0.912. The highest BCUT2D eigenvalue weighted by molar-refractivity contribution is 5.79. The Kier molecular flexibility index (Phi) is 3.34. The van der Waals surface area contributed by atoms with E-state index >= 15 is 0 Å². The normalized spacial score (nSPS) is 17.3. The lowest BCUT2D eigenvalue weighted by Crippen LogP contribution is -2.34. The highest BCUT2D eigenvalue weighted by Gasteiger charge is 2.40. The van der Waals surface area contributed by atoms with Crippen LogP contribution in [-0.4, -0.2) is 30.0 Å². The van der Waals surface area contributed by atoms with E-state index in [1.807, 2.05) is 24.3 Å². The number of carbonyl (C=O) groups excluding carboxylic acids is 1. The number of carbonyl (C=O) groups is 1. The van der Waals surface area contributed by atoms with E-state index in [9.17, 15) is 9.90 Å². The standard InChI is InChI=1S/C19H19NO3/c21-18(20-12-19(22)9-10-19)23-11-17-15-7-3-1-5-13(15)14-6-2-4-8-16(14)17/h1-8,17,22H,9-12H2,(H,20,21). The molecule has 0 saturated heterocycles. The molecule has 2 aromatic carbocycles. The molecule has 0 atom stereocenters. The van der Waals surface area contributed by atoms with E-state index in [1.54, 1.807) is 0 Å². The van der Waals surface area contributed by atoms with Crippen molar-refractivity contribution in [2.75, 3.05) is 13.2 Å². The number of hydrogen-bond donors (Lipinski definition) is 2. The highest BCUT2D eigenvalue weighted by atomic mass is 16.5. The summed E-state index contributed by atoms with van der Waals surface area (Å²) in [4.78, 5) is 11.9. The number of ether oxygens (including phenoxy) is 1. The molecule has 0 aliphatic heterocycles. The molecule has 4 heteroatoms. The van der Waals surface area contributed by atoms with Crippen LogP contribution in [-0.2, 0) is 4.74 Å². The summed E-state index contributed by atoms with van der Waals surface area (Å²) in [7, 11) is 0. The number of rotatable bonds is 4. The smallest absolute Gasteiger partial charge is 0.407 e. The third-order valence-electron chi connectivity index (χ3n) is 4.73. The van der Waals surface area contributed by atoms with Gasteiger partial charge < -0.3 is 15.2 Å². The van der Waals surface area contributed by atoms with Gasteiger partial charge in [0.1, 0.15) is 6.61 Å². The van der Waals surface area contributed by atoms with Crippen LogP contribution >= 0.6 is 0 Å². The van der Waals surface area contributed by atoms with E-state index in [4.69, 9.17) is 4.74 Å². The first kappa shape index (κ1) is 14.3. The predicted octanol–water partition coefficient (Wildman–Crippen LogP) is 3.05. The molecule has 0 aromatic heterocycles. The fourth-order valence-electron chi connectivity index (χ4n) is 3.21. The van der Waals surface area contributed by atoms with Gasteiger partial charge in [-0.05, 0) is 35.1 Å². The molecule has 23 heavy (non-hydrogen) atoms. The Hall–Kier alpha value is -2.33. The first-order valence-electron chi connectivity index (χ1n) is 7.98. The Morgan fingerprint density at radius 3 is 2.22 bits per heavy atom. The third kappa shape index (κ3) is 2.70. The average molecular weight is 309 g/mol. The number of aliphatic hydroxyl groups is 1. The van der Waals surface area contributed by atoms with Crippen molar-refractivity contribution in [1.82, 2.24) is 5.32 Å². The molecular formula is C19H19NO3. The van der Waals surface area contributed by atoms with Gasteiger partial charge in [-0.25, -0.2) is 4.79 Å². The second kappa shape index (κ2) is 5.39. The van der Waals surface area contributed by atoms with E-state index in [0.717, 1.165) is 12.8 Å². The summed E-state index contributed by atoms with van der Waals surface area (Å²) < 4.78 is 5.40. The van der Waals surface area contributed by atoms with Gasteiger partial charge in [0.2, 0.25) is 0 Å². The molecule has 0 bridgehead atoms. The van der Waals surface area contributed by atoms with Crippen LogP contribution in [0.25, 0.3) is 11.1 Å². The number of nitrogens with one attached hydrogen (secondary N) is 1. The zero-order valence-electron chi connectivity index (χ0n) is 12.8. The minimum absolute atomic E-state index is 0.0668. The first-order chi connectivity index (χ1) is 11.2. The van der Waals surface area contributed by atoms with Gasteiger partial charge in [-0.15, -0.1) is 0 Å². The molecule has 2 aliphatic carbocycles. The first-order valence-corrected chi connectivity index (χ1v) is 7.98. The van der Waals surface area contributed by atoms with Crippen molar-refractivity contribution in [3.05, 3.63) is 59.7 Å². The fraction of sp³-hybridized carbons (Fsp3) is 0.316. The van der Waals surface area contributed by atoms with Crippen LogP contribution in [0, 0.1) is 0 Å². The molecular weight excluding hydrogens is 290 g/mol. The molecule has 1 fully saturated rings. The second-order valence-corrected chi connectivity index (χ2v) is 6.40. The zero-order chi connectivity index (χ0) is 15.9. The lowest BCUT2D eigenvalue weighted by molar-refractivity contribution is 0.119. The lowest BCUT2D eigenvalue weighted by Gasteiger charge is -2.15. The lowest BCUT2D eigenvalue weighted by atomic mass is 9.98. The molecule has 0 unspecified atom stereocenters. The minimum atomic E-state index is -0.703. The number of fused-ring (bicyclic) bond motifs is 3. The number of benzene rings is 2. The number of hydrogen-bond acceptors (Lipinski definition) is 3. The van der Waals surface area contributed by atoms with Crippen LogP contribution in [0.15, 0.2) is 48.5 Å². The van der Waals surface area contributed by atoms with E-state index in [0.29, 0.717) is 6.61 Å². The Bertz CT molecular complexity index is 706. The Labute approximate surface area is 135 Å². The van der Waals surface area contributed by atoms with Crippen molar-refractivity contribution < 1.29 is 14.6 Å². The van der Waals surface area contributed by atoms with Crippen molar-refractivity contribution in [3.63, 3.8) is 0 Å². The summed E-state index contributed by atoms with van der Waals surface area (Å²) in [5.41, 5.74) is 4.12. The van der Waals surface area contributed by atoms with Gasteiger partial charge in [-0.2, -0.15) is 0 Å². The Morgan fingerprint density at radius 1 is 1.09 bits per heavy atom. The summed E-state index contributed by atoms with van der Waals surface area (Å²) in [5.74, 6) is 0.0668. The van der Waals surface area contributed by atoms with E-state index in [-0.39, 0.29) is 12.5 Å². The Balaban J connectivity index is 1.47. The van der Waals surface area contributed by atoms with E-state index in [2.05, 4.69) is 29.6 Å². The molecule has 2 aliphatic rings. The maximum atomic E-state index is 11.9. The molecule has 2 aromatic rings. The molecule has 0 radical (unpaired) electrons. The van der Waals surface area contributed by atoms with Gasteiger partial charge in [0.05, 0.1) is 5.60 Å². The molecule has 2 N–H and O–H groups in total. The van der Waals surface area contributed by atoms with Crippen molar-refractivity contribution >= 4 is 6.09 Å². The summed E-state index contributed by atoms with van der Waals surface area (Å²) in [6, 6.07) is 16.5. The molecule has 4 rings (SSSR count). The van der Waals surface area contributed by atoms with Crippen molar-refractivity contribution in [2.24, 2.45) is 0 Å². The van der Waals surface area contributed by atoms with Crippen LogP contribution in [0.3, 0.4) is 0 Å². The summed E-state index contributed by atoms with van der Waals surface area (Å²) in [5, 5.41) is 12.4. The van der Waals surface area contributed by atoms with Crippen LogP contribution < -0.4 is 5.32 Å². The van der Waals surface area contributed by atoms with Gasteiger partial charge in [-0.1, -0.05) is 48.5 Å². The molecule has 0 spiro atoms.